The Labute approximate surface area is 263 Å². The Morgan fingerprint density at radius 2 is 1.27 bits per heavy atom. The Kier molecular flexibility index (Phi) is 10.6. The van der Waals surface area contributed by atoms with Crippen LogP contribution < -0.4 is 8.85 Å². The lowest BCUT2D eigenvalue weighted by molar-refractivity contribution is 0.457. The molecule has 0 N–H and O–H groups in total. The maximum absolute atomic E-state index is 15.0. The van der Waals surface area contributed by atoms with Crippen molar-refractivity contribution in [3.05, 3.63) is 40.6 Å². The van der Waals surface area contributed by atoms with Crippen LogP contribution in [-0.2, 0) is 0 Å². The molecule has 41 heavy (non-hydrogen) atoms. The van der Waals surface area contributed by atoms with Crippen molar-refractivity contribution < 1.29 is 17.7 Å². The summed E-state index contributed by atoms with van der Waals surface area (Å²) in [5.74, 6) is 0.964. The fourth-order valence-electron chi connectivity index (χ4n) is 2.74. The van der Waals surface area contributed by atoms with Crippen molar-refractivity contribution >= 4 is 62.1 Å². The van der Waals surface area contributed by atoms with Crippen molar-refractivity contribution in [3.8, 4) is 23.0 Å². The van der Waals surface area contributed by atoms with Gasteiger partial charge < -0.3 is 13.3 Å². The third-order valence-electron chi connectivity index (χ3n) is 8.73. The highest BCUT2D eigenvalue weighted by atomic mass is 79.9. The van der Waals surface area contributed by atoms with E-state index in [0.29, 0.717) is 27.6 Å². The first-order valence-corrected chi connectivity index (χ1v) is 24.8. The number of benzene rings is 2. The standard InChI is InChI=1S/C25H35BrFNO3Si2.C6H15ClSi/c1-24(2,3)32(7,8)30-17-14-18(26)22-20(15-17)28-23(29-22)16-11-12-21(19(27)13-16)31-33(9,10)25(4,5)6;1-6(2,3)8(4,5)7/h11-15H,1-10H3;1-5H3. The molecule has 0 spiro atoms. The number of aromatic nitrogens is 1. The highest BCUT2D eigenvalue weighted by Crippen LogP contribution is 2.41. The van der Waals surface area contributed by atoms with Gasteiger partial charge in [-0.2, -0.15) is 11.1 Å². The molecule has 0 saturated heterocycles. The lowest BCUT2D eigenvalue weighted by Crippen LogP contribution is -2.44. The first-order chi connectivity index (χ1) is 18.2. The van der Waals surface area contributed by atoms with E-state index >= 15 is 0 Å². The predicted octanol–water partition coefficient (Wildman–Crippen LogP) is 12.4. The van der Waals surface area contributed by atoms with Gasteiger partial charge in [-0.05, 0) is 81.5 Å². The minimum absolute atomic E-state index is 0.0190. The summed E-state index contributed by atoms with van der Waals surface area (Å²) in [6.45, 7) is 32.6. The number of nitrogens with zero attached hydrogens (tertiary/aromatic N) is 1. The monoisotopic (exact) mass is 701 g/mol. The third kappa shape index (κ3) is 8.94. The van der Waals surface area contributed by atoms with E-state index in [0.717, 1.165) is 10.2 Å². The third-order valence-corrected chi connectivity index (χ3v) is 23.3. The second-order valence-corrected chi connectivity index (χ2v) is 32.9. The summed E-state index contributed by atoms with van der Waals surface area (Å²) in [4.78, 5) is 4.62. The molecule has 0 aliphatic carbocycles. The number of hydrogen-bond acceptors (Lipinski definition) is 4. The summed E-state index contributed by atoms with van der Waals surface area (Å²) in [6.07, 6.45) is 0. The van der Waals surface area contributed by atoms with Crippen molar-refractivity contribution in [1.82, 2.24) is 4.98 Å². The predicted molar refractivity (Wildman–Crippen MR) is 186 cm³/mol. The molecular weight excluding hydrogens is 653 g/mol. The van der Waals surface area contributed by atoms with Crippen LogP contribution >= 0.6 is 27.0 Å². The number of hydrogen-bond donors (Lipinski definition) is 0. The van der Waals surface area contributed by atoms with Crippen molar-refractivity contribution in [1.29, 1.82) is 0 Å². The Bertz CT molecular complexity index is 1350. The molecule has 2 aromatic carbocycles. The Hall–Kier alpha value is -1.14. The molecule has 10 heteroatoms. The van der Waals surface area contributed by atoms with Crippen LogP contribution in [0.4, 0.5) is 4.39 Å². The molecule has 0 fully saturated rings. The van der Waals surface area contributed by atoms with Crippen molar-refractivity contribution in [2.75, 3.05) is 0 Å². The summed E-state index contributed by atoms with van der Waals surface area (Å²) in [6, 6.07) is 8.68. The van der Waals surface area contributed by atoms with E-state index in [1.807, 2.05) is 12.1 Å². The second-order valence-electron chi connectivity index (χ2n) is 15.4. The second kappa shape index (κ2) is 12.1. The van der Waals surface area contributed by atoms with E-state index in [1.165, 1.54) is 6.07 Å². The molecule has 4 nitrogen and oxygen atoms in total. The Balaban J connectivity index is 0.000000642. The van der Waals surface area contributed by atoms with Gasteiger partial charge in [-0.3, -0.25) is 0 Å². The Morgan fingerprint density at radius 1 is 0.780 bits per heavy atom. The van der Waals surface area contributed by atoms with Crippen LogP contribution in [0.2, 0.25) is 54.4 Å². The van der Waals surface area contributed by atoms with Gasteiger partial charge >= 0.3 is 0 Å². The van der Waals surface area contributed by atoms with Gasteiger partial charge in [0, 0.05) is 11.6 Å². The zero-order chi connectivity index (χ0) is 32.0. The lowest BCUT2D eigenvalue weighted by atomic mass is 10.2. The quantitative estimate of drug-likeness (QED) is 0.196. The molecule has 1 aromatic heterocycles. The molecule has 0 aliphatic rings. The maximum atomic E-state index is 15.0. The van der Waals surface area contributed by atoms with Gasteiger partial charge in [0.15, 0.2) is 18.8 Å². The van der Waals surface area contributed by atoms with Crippen molar-refractivity contribution in [2.24, 2.45) is 0 Å². The van der Waals surface area contributed by atoms with E-state index < -0.39 is 29.8 Å². The molecule has 0 aliphatic heterocycles. The zero-order valence-electron chi connectivity index (χ0n) is 27.7. The number of fused-ring (bicyclic) bond motifs is 1. The molecule has 3 aromatic rings. The number of halogens is 3. The van der Waals surface area contributed by atoms with Gasteiger partial charge in [-0.15, -0.1) is 0 Å². The minimum atomic E-state index is -2.14. The van der Waals surface area contributed by atoms with E-state index in [2.05, 4.69) is 123 Å². The summed E-state index contributed by atoms with van der Waals surface area (Å²) in [5.41, 5.74) is 1.83. The summed E-state index contributed by atoms with van der Waals surface area (Å²) in [7, 11) is -5.53. The molecule has 0 bridgehead atoms. The fourth-order valence-corrected chi connectivity index (χ4v) is 5.29. The fraction of sp³-hybridized carbons (Fsp3) is 0.581. The van der Waals surface area contributed by atoms with Gasteiger partial charge in [0.2, 0.25) is 14.2 Å². The van der Waals surface area contributed by atoms with Gasteiger partial charge in [-0.1, -0.05) is 75.4 Å². The SMILES string of the molecule is CC(C)(C)[Si](C)(C)Cl.CC(C)(C)[Si](C)(C)Oc1cc(Br)c2oc(-c3ccc(O[Si](C)(C)C(C)(C)C)c(F)c3)nc2c1. The van der Waals surface area contributed by atoms with Crippen LogP contribution in [0.5, 0.6) is 11.5 Å². The highest BCUT2D eigenvalue weighted by molar-refractivity contribution is 9.10. The number of oxazole rings is 1. The molecule has 0 unspecified atom stereocenters. The van der Waals surface area contributed by atoms with Crippen LogP contribution in [0.25, 0.3) is 22.6 Å². The smallest absolute Gasteiger partial charge is 0.250 e. The average Bonchev–Trinajstić information content (AvgIpc) is 3.17. The molecule has 1 heterocycles. The van der Waals surface area contributed by atoms with Gasteiger partial charge in [0.25, 0.3) is 8.32 Å². The van der Waals surface area contributed by atoms with Gasteiger partial charge in [0.05, 0.1) is 4.47 Å². The molecule has 3 rings (SSSR count). The van der Waals surface area contributed by atoms with Gasteiger partial charge in [-0.25, -0.2) is 9.37 Å². The highest BCUT2D eigenvalue weighted by Gasteiger charge is 2.40. The van der Waals surface area contributed by atoms with E-state index in [4.69, 9.17) is 24.3 Å². The largest absolute Gasteiger partial charge is 0.543 e. The molecule has 230 valence electrons. The summed E-state index contributed by atoms with van der Waals surface area (Å²) < 4.78 is 34.3. The van der Waals surface area contributed by atoms with Crippen LogP contribution in [0.1, 0.15) is 62.3 Å². The minimum Gasteiger partial charge on any atom is -0.543 e. The average molecular weight is 703 g/mol. The maximum Gasteiger partial charge on any atom is 0.250 e. The Morgan fingerprint density at radius 3 is 1.71 bits per heavy atom. The van der Waals surface area contributed by atoms with Crippen molar-refractivity contribution in [3.63, 3.8) is 0 Å². The van der Waals surface area contributed by atoms with Crippen LogP contribution in [0.15, 0.2) is 39.2 Å². The summed E-state index contributed by atoms with van der Waals surface area (Å²) >= 11 is 9.73. The zero-order valence-corrected chi connectivity index (χ0v) is 33.0. The van der Waals surface area contributed by atoms with Crippen molar-refractivity contribution in [2.45, 2.75) is 117 Å². The molecule has 0 saturated carbocycles. The van der Waals surface area contributed by atoms with Crippen LogP contribution in [0, 0.1) is 5.82 Å². The van der Waals surface area contributed by atoms with E-state index in [1.54, 1.807) is 12.1 Å². The van der Waals surface area contributed by atoms with E-state index in [-0.39, 0.29) is 15.8 Å². The first-order valence-electron chi connectivity index (χ1n) is 14.1. The molecular formula is C31H50BrClFNO3Si3. The van der Waals surface area contributed by atoms with Crippen LogP contribution in [-0.4, -0.2) is 29.0 Å². The summed E-state index contributed by atoms with van der Waals surface area (Å²) in [5, 5.41) is 0.401. The number of rotatable bonds is 5. The first kappa shape index (κ1) is 36.1. The molecule has 0 radical (unpaired) electrons. The van der Waals surface area contributed by atoms with Gasteiger partial charge in [0.1, 0.15) is 17.0 Å². The van der Waals surface area contributed by atoms with Crippen LogP contribution in [0.3, 0.4) is 0 Å². The molecule has 0 atom stereocenters. The lowest BCUT2D eigenvalue weighted by Gasteiger charge is -2.36. The normalized spacial score (nSPS) is 13.6. The topological polar surface area (TPSA) is 44.5 Å². The molecule has 0 amide bonds. The van der Waals surface area contributed by atoms with E-state index in [9.17, 15) is 4.39 Å².